The number of hydrogen-bond acceptors (Lipinski definition) is 4. The van der Waals surface area contributed by atoms with E-state index in [0.29, 0.717) is 12.1 Å². The molecule has 92 valence electrons. The third-order valence-electron chi connectivity index (χ3n) is 2.80. The lowest BCUT2D eigenvalue weighted by Crippen LogP contribution is -2.17. The minimum absolute atomic E-state index is 0.462. The number of anilines is 1. The van der Waals surface area contributed by atoms with Crippen LogP contribution in [-0.2, 0) is 13.1 Å². The van der Waals surface area contributed by atoms with Crippen molar-refractivity contribution in [1.29, 1.82) is 5.26 Å². The van der Waals surface area contributed by atoms with Crippen LogP contribution in [-0.4, -0.2) is 7.05 Å². The van der Waals surface area contributed by atoms with E-state index in [1.165, 1.54) is 4.88 Å². The van der Waals surface area contributed by atoms with E-state index in [-0.39, 0.29) is 0 Å². The molecule has 0 saturated carbocycles. The smallest absolute Gasteiger partial charge is 0.101 e. The van der Waals surface area contributed by atoms with Gasteiger partial charge in [0, 0.05) is 18.5 Å². The maximum Gasteiger partial charge on any atom is 0.101 e. The van der Waals surface area contributed by atoms with Crippen molar-refractivity contribution in [3.8, 4) is 6.07 Å². The number of nitrogens with zero attached hydrogens (tertiary/aromatic N) is 2. The first-order chi connectivity index (χ1) is 8.74. The summed E-state index contributed by atoms with van der Waals surface area (Å²) in [4.78, 5) is 3.37. The summed E-state index contributed by atoms with van der Waals surface area (Å²) in [6, 6.07) is 12.2. The van der Waals surface area contributed by atoms with E-state index < -0.39 is 0 Å². The first-order valence-corrected chi connectivity index (χ1v) is 6.59. The summed E-state index contributed by atoms with van der Waals surface area (Å²) >= 11 is 1.72. The highest BCUT2D eigenvalue weighted by atomic mass is 32.1. The topological polar surface area (TPSA) is 53.0 Å². The highest BCUT2D eigenvalue weighted by Crippen LogP contribution is 2.23. The predicted octanol–water partition coefficient (Wildman–Crippen LogP) is 2.71. The monoisotopic (exact) mass is 257 g/mol. The standard InChI is InChI=1S/C14H15N3S/c1-17(10-13-3-2-6-18-13)14-5-4-11(8-15)7-12(14)9-16/h2-7H,8,10,15H2,1H3. The van der Waals surface area contributed by atoms with Gasteiger partial charge in [-0.15, -0.1) is 11.3 Å². The van der Waals surface area contributed by atoms with Crippen LogP contribution in [0, 0.1) is 11.3 Å². The highest BCUT2D eigenvalue weighted by molar-refractivity contribution is 7.09. The lowest BCUT2D eigenvalue weighted by atomic mass is 10.1. The van der Waals surface area contributed by atoms with Gasteiger partial charge in [0.1, 0.15) is 6.07 Å². The van der Waals surface area contributed by atoms with Gasteiger partial charge >= 0.3 is 0 Å². The van der Waals surface area contributed by atoms with Crippen LogP contribution in [0.3, 0.4) is 0 Å². The van der Waals surface area contributed by atoms with Crippen LogP contribution >= 0.6 is 11.3 Å². The fraction of sp³-hybridized carbons (Fsp3) is 0.214. The fourth-order valence-corrected chi connectivity index (χ4v) is 2.61. The van der Waals surface area contributed by atoms with Crippen LogP contribution in [0.4, 0.5) is 5.69 Å². The molecule has 1 aromatic heterocycles. The SMILES string of the molecule is CN(Cc1cccs1)c1ccc(CN)cc1C#N. The molecule has 0 amide bonds. The molecule has 4 heteroatoms. The Morgan fingerprint density at radius 3 is 2.83 bits per heavy atom. The van der Waals surface area contributed by atoms with Gasteiger partial charge in [0.25, 0.3) is 0 Å². The zero-order valence-electron chi connectivity index (χ0n) is 10.3. The number of benzene rings is 1. The second-order valence-electron chi connectivity index (χ2n) is 4.10. The maximum absolute atomic E-state index is 9.20. The van der Waals surface area contributed by atoms with E-state index in [4.69, 9.17) is 5.73 Å². The molecule has 1 heterocycles. The Morgan fingerprint density at radius 1 is 1.39 bits per heavy atom. The van der Waals surface area contributed by atoms with Crippen LogP contribution in [0.5, 0.6) is 0 Å². The first-order valence-electron chi connectivity index (χ1n) is 5.71. The summed E-state index contributed by atoms with van der Waals surface area (Å²) in [5, 5.41) is 11.3. The van der Waals surface area contributed by atoms with Gasteiger partial charge in [-0.05, 0) is 29.1 Å². The summed E-state index contributed by atoms with van der Waals surface area (Å²) in [5.41, 5.74) is 8.20. The van der Waals surface area contributed by atoms with Gasteiger partial charge in [0.15, 0.2) is 0 Å². The number of hydrogen-bond donors (Lipinski definition) is 1. The Labute approximate surface area is 111 Å². The normalized spacial score (nSPS) is 10.1. The summed E-state index contributed by atoms with van der Waals surface area (Å²) in [5.74, 6) is 0. The molecule has 0 fully saturated rings. The Bertz CT molecular complexity index is 555. The van der Waals surface area contributed by atoms with Gasteiger partial charge in [0.05, 0.1) is 17.8 Å². The molecule has 0 bridgehead atoms. The lowest BCUT2D eigenvalue weighted by Gasteiger charge is -2.20. The van der Waals surface area contributed by atoms with Crippen molar-refractivity contribution >= 4 is 17.0 Å². The van der Waals surface area contributed by atoms with Crippen LogP contribution < -0.4 is 10.6 Å². The second kappa shape index (κ2) is 5.67. The average molecular weight is 257 g/mol. The van der Waals surface area contributed by atoms with Crippen molar-refractivity contribution in [1.82, 2.24) is 0 Å². The summed E-state index contributed by atoms with van der Waals surface area (Å²) in [6.45, 7) is 1.28. The average Bonchev–Trinajstić information content (AvgIpc) is 2.90. The molecular weight excluding hydrogens is 242 g/mol. The third kappa shape index (κ3) is 2.70. The summed E-state index contributed by atoms with van der Waals surface area (Å²) in [7, 11) is 2.00. The van der Waals surface area contributed by atoms with Crippen molar-refractivity contribution < 1.29 is 0 Å². The highest BCUT2D eigenvalue weighted by Gasteiger charge is 2.09. The first kappa shape index (κ1) is 12.6. The van der Waals surface area contributed by atoms with Crippen LogP contribution in [0.15, 0.2) is 35.7 Å². The lowest BCUT2D eigenvalue weighted by molar-refractivity contribution is 0.935. The molecule has 3 nitrogen and oxygen atoms in total. The third-order valence-corrected chi connectivity index (χ3v) is 3.66. The zero-order valence-corrected chi connectivity index (χ0v) is 11.1. The molecular formula is C14H15N3S. The molecule has 0 spiro atoms. The van der Waals surface area contributed by atoms with Crippen molar-refractivity contribution in [2.75, 3.05) is 11.9 Å². The predicted molar refractivity (Wildman–Crippen MR) is 75.5 cm³/mol. The maximum atomic E-state index is 9.20. The molecule has 2 aromatic rings. The molecule has 1 aromatic carbocycles. The van der Waals surface area contributed by atoms with Crippen molar-refractivity contribution in [3.05, 3.63) is 51.7 Å². The van der Waals surface area contributed by atoms with Crippen molar-refractivity contribution in [3.63, 3.8) is 0 Å². The largest absolute Gasteiger partial charge is 0.368 e. The molecule has 0 saturated heterocycles. The van der Waals surface area contributed by atoms with Crippen LogP contribution in [0.2, 0.25) is 0 Å². The Hall–Kier alpha value is -1.83. The Kier molecular flexibility index (Phi) is 3.98. The number of nitrogens with two attached hydrogens (primary N) is 1. The molecule has 0 atom stereocenters. The van der Waals surface area contributed by atoms with Crippen molar-refractivity contribution in [2.45, 2.75) is 13.1 Å². The number of nitriles is 1. The summed E-state index contributed by atoms with van der Waals surface area (Å²) < 4.78 is 0. The van der Waals surface area contributed by atoms with E-state index in [1.54, 1.807) is 11.3 Å². The van der Waals surface area contributed by atoms with E-state index in [2.05, 4.69) is 22.4 Å². The zero-order chi connectivity index (χ0) is 13.0. The van der Waals surface area contributed by atoms with Crippen molar-refractivity contribution in [2.24, 2.45) is 5.73 Å². The van der Waals surface area contributed by atoms with Gasteiger partial charge in [-0.1, -0.05) is 12.1 Å². The Morgan fingerprint density at radius 2 is 2.22 bits per heavy atom. The van der Waals surface area contributed by atoms with E-state index in [9.17, 15) is 5.26 Å². The Balaban J connectivity index is 2.24. The van der Waals surface area contributed by atoms with E-state index >= 15 is 0 Å². The molecule has 0 aliphatic rings. The molecule has 0 aliphatic heterocycles. The van der Waals surface area contributed by atoms with E-state index in [1.807, 2.05) is 31.3 Å². The number of thiophene rings is 1. The van der Waals surface area contributed by atoms with Gasteiger partial charge < -0.3 is 10.6 Å². The van der Waals surface area contributed by atoms with Gasteiger partial charge in [-0.2, -0.15) is 5.26 Å². The molecule has 0 aliphatic carbocycles. The van der Waals surface area contributed by atoms with Crippen LogP contribution in [0.1, 0.15) is 16.0 Å². The minimum Gasteiger partial charge on any atom is -0.368 e. The van der Waals surface area contributed by atoms with Gasteiger partial charge in [-0.25, -0.2) is 0 Å². The van der Waals surface area contributed by atoms with E-state index in [0.717, 1.165) is 17.8 Å². The minimum atomic E-state index is 0.462. The molecule has 0 radical (unpaired) electrons. The second-order valence-corrected chi connectivity index (χ2v) is 5.14. The molecule has 0 unspecified atom stereocenters. The molecule has 18 heavy (non-hydrogen) atoms. The quantitative estimate of drug-likeness (QED) is 0.916. The fourth-order valence-electron chi connectivity index (χ4n) is 1.85. The van der Waals surface area contributed by atoms with Gasteiger partial charge in [-0.3, -0.25) is 0 Å². The summed E-state index contributed by atoms with van der Waals surface area (Å²) in [6.07, 6.45) is 0. The van der Waals surface area contributed by atoms with Crippen LogP contribution in [0.25, 0.3) is 0 Å². The molecule has 2 N–H and O–H groups in total. The number of rotatable bonds is 4. The van der Waals surface area contributed by atoms with Gasteiger partial charge in [0.2, 0.25) is 0 Å². The molecule has 2 rings (SSSR count).